The average Bonchev–Trinajstić information content (AvgIpc) is 2.62. The van der Waals surface area contributed by atoms with Crippen molar-refractivity contribution in [2.45, 2.75) is 4.90 Å². The van der Waals surface area contributed by atoms with Crippen LogP contribution in [0.25, 0.3) is 0 Å². The minimum absolute atomic E-state index is 0.392. The molecule has 1 radical (unpaired) electrons. The lowest BCUT2D eigenvalue weighted by Crippen LogP contribution is -1.92. The van der Waals surface area contributed by atoms with Crippen LogP contribution in [0.2, 0.25) is 5.02 Å². The summed E-state index contributed by atoms with van der Waals surface area (Å²) < 4.78 is 0. The highest BCUT2D eigenvalue weighted by molar-refractivity contribution is 8.21. The Bertz CT molecular complexity index is 375. The molecule has 0 aliphatic carbocycles. The third-order valence-corrected chi connectivity index (χ3v) is 4.02. The van der Waals surface area contributed by atoms with Crippen LogP contribution in [-0.2, 0) is 0 Å². The summed E-state index contributed by atoms with van der Waals surface area (Å²) in [5, 5.41) is 5.84. The van der Waals surface area contributed by atoms with Gasteiger partial charge in [0.25, 0.3) is 0 Å². The van der Waals surface area contributed by atoms with Gasteiger partial charge in [-0.05, 0) is 17.6 Å². The van der Waals surface area contributed by atoms with E-state index in [2.05, 4.69) is 15.8 Å². The van der Waals surface area contributed by atoms with Crippen LogP contribution in [0.4, 0.5) is 5.82 Å². The van der Waals surface area contributed by atoms with Crippen molar-refractivity contribution in [2.75, 3.05) is 5.73 Å². The molecule has 1 aromatic heterocycles. The highest BCUT2D eigenvalue weighted by Gasteiger charge is 2.10. The molecular formula is C9H8ClN2S. The number of rotatable bonds is 1. The fourth-order valence-electron chi connectivity index (χ4n) is 1.08. The molecule has 1 aliphatic heterocycles. The number of hydrogen-bond donors (Lipinski definition) is 2. The van der Waals surface area contributed by atoms with Crippen LogP contribution in [0.5, 0.6) is 0 Å². The van der Waals surface area contributed by atoms with Crippen LogP contribution in [0.1, 0.15) is 0 Å². The number of hydrogen-bond acceptors (Lipinski definition) is 2. The maximum Gasteiger partial charge on any atom is 0.143 e. The number of allylic oxidation sites excluding steroid dienone is 2. The minimum Gasteiger partial charge on any atom is -0.382 e. The summed E-state index contributed by atoms with van der Waals surface area (Å²) in [5.41, 5.74) is 5.59. The summed E-state index contributed by atoms with van der Waals surface area (Å²) in [5.74, 6) is 0.392. The molecule has 0 fully saturated rings. The summed E-state index contributed by atoms with van der Waals surface area (Å²) in [6, 6.07) is 1.89. The molecule has 67 valence electrons. The van der Waals surface area contributed by atoms with Crippen molar-refractivity contribution in [3.63, 3.8) is 0 Å². The second-order valence-electron chi connectivity index (χ2n) is 2.54. The summed E-state index contributed by atoms with van der Waals surface area (Å²) in [6.07, 6.45) is 5.55. The van der Waals surface area contributed by atoms with E-state index in [4.69, 9.17) is 17.3 Å². The van der Waals surface area contributed by atoms with Gasteiger partial charge in [0, 0.05) is 16.5 Å². The zero-order valence-electron chi connectivity index (χ0n) is 6.74. The van der Waals surface area contributed by atoms with Crippen LogP contribution in [0, 0.1) is 5.41 Å². The molecule has 0 spiro atoms. The standard InChI is InChI=1S/C9H8ClN2S/c10-8-7(3-4-12-9(8)11)13-5-1-2-6-13/h1-5,13H,(H2,11,12). The third kappa shape index (κ3) is 1.57. The van der Waals surface area contributed by atoms with Gasteiger partial charge in [0.15, 0.2) is 0 Å². The van der Waals surface area contributed by atoms with E-state index in [-0.39, 0.29) is 0 Å². The molecule has 0 bridgehead atoms. The molecule has 13 heavy (non-hydrogen) atoms. The van der Waals surface area contributed by atoms with Crippen LogP contribution in [0.15, 0.2) is 34.7 Å². The number of nitrogens with two attached hydrogens (primary N) is 1. The first-order valence-corrected chi connectivity index (χ1v) is 5.53. The molecule has 0 saturated heterocycles. The molecule has 0 saturated carbocycles. The Morgan fingerprint density at radius 3 is 3.08 bits per heavy atom. The molecule has 0 aromatic carbocycles. The number of anilines is 1. The van der Waals surface area contributed by atoms with Crippen molar-refractivity contribution in [1.29, 1.82) is 0 Å². The molecule has 1 unspecified atom stereocenters. The van der Waals surface area contributed by atoms with Gasteiger partial charge in [-0.1, -0.05) is 17.7 Å². The van der Waals surface area contributed by atoms with Gasteiger partial charge in [-0.25, -0.2) is 4.98 Å². The maximum absolute atomic E-state index is 6.01. The smallest absolute Gasteiger partial charge is 0.143 e. The molecule has 2 N–H and O–H groups in total. The Labute approximate surface area is 84.5 Å². The number of nitrogens with zero attached hydrogens (tertiary/aromatic N) is 1. The normalized spacial score (nSPS) is 16.8. The first-order valence-electron chi connectivity index (χ1n) is 3.74. The van der Waals surface area contributed by atoms with Gasteiger partial charge >= 0.3 is 0 Å². The summed E-state index contributed by atoms with van der Waals surface area (Å²) in [7, 11) is -0.515. The lowest BCUT2D eigenvalue weighted by Gasteiger charge is -2.11. The minimum atomic E-state index is -0.515. The summed E-state index contributed by atoms with van der Waals surface area (Å²) >= 11 is 6.01. The fraction of sp³-hybridized carbons (Fsp3) is 0. The van der Waals surface area contributed by atoms with Crippen molar-refractivity contribution in [3.05, 3.63) is 40.3 Å². The predicted octanol–water partition coefficient (Wildman–Crippen LogP) is 2.52. The maximum atomic E-state index is 6.01. The van der Waals surface area contributed by atoms with Gasteiger partial charge in [0.1, 0.15) is 5.82 Å². The lowest BCUT2D eigenvalue weighted by atomic mass is 10.5. The number of pyridine rings is 1. The Morgan fingerprint density at radius 2 is 2.38 bits per heavy atom. The van der Waals surface area contributed by atoms with E-state index in [9.17, 15) is 0 Å². The predicted molar refractivity (Wildman–Crippen MR) is 57.9 cm³/mol. The second kappa shape index (κ2) is 3.44. The Kier molecular flexibility index (Phi) is 2.29. The SMILES string of the molecule is Nc1nccc([SH]2[C]=CC=C2)c1Cl. The highest BCUT2D eigenvalue weighted by Crippen LogP contribution is 2.45. The van der Waals surface area contributed by atoms with E-state index in [1.54, 1.807) is 6.20 Å². The number of aromatic nitrogens is 1. The zero-order valence-corrected chi connectivity index (χ0v) is 8.39. The molecular weight excluding hydrogens is 204 g/mol. The van der Waals surface area contributed by atoms with Gasteiger partial charge in [0.05, 0.1) is 5.02 Å². The molecule has 1 aromatic rings. The van der Waals surface area contributed by atoms with E-state index >= 15 is 0 Å². The van der Waals surface area contributed by atoms with Crippen LogP contribution < -0.4 is 5.73 Å². The monoisotopic (exact) mass is 211 g/mol. The average molecular weight is 212 g/mol. The lowest BCUT2D eigenvalue weighted by molar-refractivity contribution is 1.27. The molecule has 2 rings (SSSR count). The Hall–Kier alpha value is -0.930. The van der Waals surface area contributed by atoms with Gasteiger partial charge < -0.3 is 5.73 Å². The number of halogens is 1. The topological polar surface area (TPSA) is 38.9 Å². The Balaban J connectivity index is 2.45. The second-order valence-corrected chi connectivity index (χ2v) is 4.69. The van der Waals surface area contributed by atoms with Gasteiger partial charge in [-0.3, -0.25) is 0 Å². The molecule has 1 atom stereocenters. The first-order chi connectivity index (χ1) is 6.29. The molecule has 0 amide bonds. The van der Waals surface area contributed by atoms with Crippen molar-refractivity contribution in [1.82, 2.24) is 4.98 Å². The van der Waals surface area contributed by atoms with Gasteiger partial charge in [-0.2, -0.15) is 10.9 Å². The molecule has 1 aliphatic rings. The van der Waals surface area contributed by atoms with E-state index in [1.165, 1.54) is 0 Å². The van der Waals surface area contributed by atoms with Crippen molar-refractivity contribution < 1.29 is 0 Å². The van der Waals surface area contributed by atoms with E-state index in [1.807, 2.05) is 18.2 Å². The number of nitrogen functional groups attached to an aromatic ring is 1. The third-order valence-electron chi connectivity index (χ3n) is 1.70. The fourth-order valence-corrected chi connectivity index (χ4v) is 2.91. The molecule has 4 heteroatoms. The first kappa shape index (κ1) is 8.66. The van der Waals surface area contributed by atoms with Gasteiger partial charge in [0.2, 0.25) is 0 Å². The van der Waals surface area contributed by atoms with Crippen molar-refractivity contribution in [2.24, 2.45) is 0 Å². The van der Waals surface area contributed by atoms with Crippen LogP contribution in [0.3, 0.4) is 0 Å². The van der Waals surface area contributed by atoms with E-state index in [0.29, 0.717) is 10.8 Å². The zero-order chi connectivity index (χ0) is 9.26. The van der Waals surface area contributed by atoms with Crippen molar-refractivity contribution in [3.8, 4) is 0 Å². The van der Waals surface area contributed by atoms with Crippen LogP contribution >= 0.6 is 22.5 Å². The van der Waals surface area contributed by atoms with E-state index < -0.39 is 10.9 Å². The largest absolute Gasteiger partial charge is 0.382 e. The van der Waals surface area contributed by atoms with E-state index in [0.717, 1.165) is 4.90 Å². The van der Waals surface area contributed by atoms with Gasteiger partial charge in [-0.15, -0.1) is 0 Å². The van der Waals surface area contributed by atoms with Crippen LogP contribution in [-0.4, -0.2) is 4.98 Å². The molecule has 2 heterocycles. The quantitative estimate of drug-likeness (QED) is 0.701. The summed E-state index contributed by atoms with van der Waals surface area (Å²) in [6.45, 7) is 0. The van der Waals surface area contributed by atoms with Crippen molar-refractivity contribution >= 4 is 28.3 Å². The molecule has 2 nitrogen and oxygen atoms in total. The highest BCUT2D eigenvalue weighted by atomic mass is 35.5. The Morgan fingerprint density at radius 1 is 1.54 bits per heavy atom. The number of thiol groups is 1. The summed E-state index contributed by atoms with van der Waals surface area (Å²) in [4.78, 5) is 4.93.